The highest BCUT2D eigenvalue weighted by atomic mass is 35.5. The molecule has 2 aromatic rings. The molecule has 0 N–H and O–H groups in total. The Morgan fingerprint density at radius 2 is 2.17 bits per heavy atom. The molecule has 0 aliphatic carbocycles. The standard InChI is InChI=1S/C19H26ClN5O2S2/c1-23(12-15-6-7-16(20)29-15)17(26)13-28-19-22-21-18(24-8-2-3-9-24)25(19)11-14-5-4-10-27-14/h6-7,14H,2-5,8-13H2,1H3. The van der Waals surface area contributed by atoms with Crippen molar-refractivity contribution in [3.63, 3.8) is 0 Å². The van der Waals surface area contributed by atoms with Crippen LogP contribution in [0.1, 0.15) is 30.6 Å². The molecule has 0 aromatic carbocycles. The van der Waals surface area contributed by atoms with Gasteiger partial charge in [0.25, 0.3) is 0 Å². The van der Waals surface area contributed by atoms with Gasteiger partial charge in [-0.2, -0.15) is 0 Å². The molecule has 0 radical (unpaired) electrons. The number of rotatable bonds is 8. The zero-order valence-electron chi connectivity index (χ0n) is 16.6. The summed E-state index contributed by atoms with van der Waals surface area (Å²) in [6.07, 6.45) is 4.74. The van der Waals surface area contributed by atoms with Gasteiger partial charge in [0.05, 0.1) is 29.3 Å². The van der Waals surface area contributed by atoms with Crippen molar-refractivity contribution < 1.29 is 9.53 Å². The summed E-state index contributed by atoms with van der Waals surface area (Å²) in [4.78, 5) is 17.7. The monoisotopic (exact) mass is 455 g/mol. The number of hydrogen-bond acceptors (Lipinski definition) is 7. The average Bonchev–Trinajstić information content (AvgIpc) is 3.49. The summed E-state index contributed by atoms with van der Waals surface area (Å²) >= 11 is 8.95. The van der Waals surface area contributed by atoms with Crippen LogP contribution in [0.4, 0.5) is 5.95 Å². The van der Waals surface area contributed by atoms with E-state index in [1.165, 1.54) is 35.9 Å². The van der Waals surface area contributed by atoms with E-state index in [0.29, 0.717) is 12.3 Å². The molecule has 0 saturated carbocycles. The average molecular weight is 456 g/mol. The number of hydrogen-bond donors (Lipinski definition) is 0. The molecule has 0 bridgehead atoms. The van der Waals surface area contributed by atoms with E-state index in [0.717, 1.165) is 59.4 Å². The molecule has 2 aromatic heterocycles. The number of ether oxygens (including phenoxy) is 1. The van der Waals surface area contributed by atoms with Gasteiger partial charge in [-0.15, -0.1) is 21.5 Å². The van der Waals surface area contributed by atoms with Gasteiger partial charge in [-0.1, -0.05) is 23.4 Å². The summed E-state index contributed by atoms with van der Waals surface area (Å²) in [6.45, 7) is 4.17. The van der Waals surface area contributed by atoms with E-state index in [1.807, 2.05) is 19.2 Å². The Labute approximate surface area is 184 Å². The van der Waals surface area contributed by atoms with Gasteiger partial charge >= 0.3 is 0 Å². The van der Waals surface area contributed by atoms with Crippen molar-refractivity contribution in [1.82, 2.24) is 19.7 Å². The second-order valence-electron chi connectivity index (χ2n) is 7.47. The first-order valence-corrected chi connectivity index (χ1v) is 12.2. The van der Waals surface area contributed by atoms with Gasteiger partial charge in [-0.3, -0.25) is 9.36 Å². The second kappa shape index (κ2) is 9.68. The number of anilines is 1. The van der Waals surface area contributed by atoms with Gasteiger partial charge in [-0.05, 0) is 37.8 Å². The van der Waals surface area contributed by atoms with E-state index in [-0.39, 0.29) is 12.0 Å². The van der Waals surface area contributed by atoms with Crippen molar-refractivity contribution in [1.29, 1.82) is 0 Å². The summed E-state index contributed by atoms with van der Waals surface area (Å²) in [5.41, 5.74) is 0. The molecule has 1 unspecified atom stereocenters. The first kappa shape index (κ1) is 21.0. The lowest BCUT2D eigenvalue weighted by atomic mass is 10.2. The smallest absolute Gasteiger partial charge is 0.233 e. The predicted molar refractivity (Wildman–Crippen MR) is 117 cm³/mol. The highest BCUT2D eigenvalue weighted by Crippen LogP contribution is 2.28. The number of thioether (sulfide) groups is 1. The van der Waals surface area contributed by atoms with Gasteiger partial charge in [0.1, 0.15) is 0 Å². The summed E-state index contributed by atoms with van der Waals surface area (Å²) in [7, 11) is 1.82. The molecule has 2 aliphatic rings. The van der Waals surface area contributed by atoms with Gasteiger partial charge in [-0.25, -0.2) is 0 Å². The fourth-order valence-electron chi connectivity index (χ4n) is 3.69. The van der Waals surface area contributed by atoms with Crippen molar-refractivity contribution in [2.45, 2.75) is 50.0 Å². The fourth-order valence-corrected chi connectivity index (χ4v) is 5.71. The lowest BCUT2D eigenvalue weighted by Gasteiger charge is -2.20. The van der Waals surface area contributed by atoms with E-state index in [9.17, 15) is 4.79 Å². The molecule has 4 rings (SSSR count). The van der Waals surface area contributed by atoms with Crippen LogP contribution in [0.3, 0.4) is 0 Å². The molecule has 2 fully saturated rings. The topological polar surface area (TPSA) is 63.5 Å². The van der Waals surface area contributed by atoms with Gasteiger partial charge in [0, 0.05) is 31.6 Å². The van der Waals surface area contributed by atoms with Crippen molar-refractivity contribution in [2.24, 2.45) is 0 Å². The quantitative estimate of drug-likeness (QED) is 0.567. The van der Waals surface area contributed by atoms with E-state index in [2.05, 4.69) is 19.7 Å². The molecule has 2 saturated heterocycles. The molecule has 1 amide bonds. The Balaban J connectivity index is 1.40. The van der Waals surface area contributed by atoms with Crippen LogP contribution in [-0.4, -0.2) is 64.2 Å². The maximum Gasteiger partial charge on any atom is 0.233 e. The minimum Gasteiger partial charge on any atom is -0.376 e. The highest BCUT2D eigenvalue weighted by molar-refractivity contribution is 7.99. The van der Waals surface area contributed by atoms with Crippen LogP contribution in [0.5, 0.6) is 0 Å². The third kappa shape index (κ3) is 5.25. The number of thiophene rings is 1. The van der Waals surface area contributed by atoms with Crippen molar-refractivity contribution in [3.05, 3.63) is 21.3 Å². The normalized spacial score (nSPS) is 19.2. The van der Waals surface area contributed by atoms with Crippen LogP contribution < -0.4 is 4.90 Å². The van der Waals surface area contributed by atoms with Crippen LogP contribution in [0, 0.1) is 0 Å². The van der Waals surface area contributed by atoms with Gasteiger partial charge in [0.2, 0.25) is 11.9 Å². The predicted octanol–water partition coefficient (Wildman–Crippen LogP) is 3.52. The van der Waals surface area contributed by atoms with Gasteiger partial charge < -0.3 is 14.5 Å². The number of amides is 1. The van der Waals surface area contributed by atoms with Crippen molar-refractivity contribution >= 4 is 46.6 Å². The minimum atomic E-state index is 0.0638. The van der Waals surface area contributed by atoms with Crippen LogP contribution >= 0.6 is 34.7 Å². The Morgan fingerprint density at radius 3 is 2.86 bits per heavy atom. The van der Waals surface area contributed by atoms with E-state index in [4.69, 9.17) is 16.3 Å². The molecule has 29 heavy (non-hydrogen) atoms. The fraction of sp³-hybridized carbons (Fsp3) is 0.632. The number of carbonyl (C=O) groups excluding carboxylic acids is 1. The Bertz CT molecular complexity index is 830. The molecule has 4 heterocycles. The zero-order chi connectivity index (χ0) is 20.2. The molecule has 158 valence electrons. The summed E-state index contributed by atoms with van der Waals surface area (Å²) < 4.78 is 8.74. The highest BCUT2D eigenvalue weighted by Gasteiger charge is 2.25. The molecule has 2 aliphatic heterocycles. The molecule has 1 atom stereocenters. The van der Waals surface area contributed by atoms with E-state index >= 15 is 0 Å². The Hall–Kier alpha value is -1.29. The van der Waals surface area contributed by atoms with Crippen LogP contribution in [-0.2, 0) is 22.6 Å². The lowest BCUT2D eigenvalue weighted by molar-refractivity contribution is -0.127. The molecule has 7 nitrogen and oxygen atoms in total. The van der Waals surface area contributed by atoms with Crippen molar-refractivity contribution in [2.75, 3.05) is 37.4 Å². The SMILES string of the molecule is CN(Cc1ccc(Cl)s1)C(=O)CSc1nnc(N2CCCC2)n1CC1CCCO1. The summed E-state index contributed by atoms with van der Waals surface area (Å²) in [6, 6.07) is 3.83. The molecule has 0 spiro atoms. The largest absolute Gasteiger partial charge is 0.376 e. The van der Waals surface area contributed by atoms with Gasteiger partial charge in [0.15, 0.2) is 5.16 Å². The van der Waals surface area contributed by atoms with E-state index in [1.54, 1.807) is 4.90 Å². The molecular weight excluding hydrogens is 430 g/mol. The third-order valence-corrected chi connectivity index (χ3v) is 7.44. The first-order chi connectivity index (χ1) is 14.1. The molecule has 10 heteroatoms. The zero-order valence-corrected chi connectivity index (χ0v) is 18.9. The van der Waals surface area contributed by atoms with Crippen molar-refractivity contribution in [3.8, 4) is 0 Å². The Morgan fingerprint density at radius 1 is 1.34 bits per heavy atom. The second-order valence-corrected chi connectivity index (χ2v) is 10.2. The third-order valence-electron chi connectivity index (χ3n) is 5.27. The van der Waals surface area contributed by atoms with Crippen LogP contribution in [0.15, 0.2) is 17.3 Å². The maximum absolute atomic E-state index is 12.6. The summed E-state index contributed by atoms with van der Waals surface area (Å²) in [5.74, 6) is 1.31. The first-order valence-electron chi connectivity index (χ1n) is 10.0. The minimum absolute atomic E-state index is 0.0638. The lowest BCUT2D eigenvalue weighted by Crippen LogP contribution is -2.28. The number of nitrogens with zero attached hydrogens (tertiary/aromatic N) is 5. The van der Waals surface area contributed by atoms with Crippen LogP contribution in [0.2, 0.25) is 4.34 Å². The number of carbonyl (C=O) groups is 1. The summed E-state index contributed by atoms with van der Waals surface area (Å²) in [5, 5.41) is 9.67. The number of aromatic nitrogens is 3. The molecular formula is C19H26ClN5O2S2. The van der Waals surface area contributed by atoms with Crippen LogP contribution in [0.25, 0.3) is 0 Å². The Kier molecular flexibility index (Phi) is 7.00. The number of halogens is 1. The van der Waals surface area contributed by atoms with E-state index < -0.39 is 0 Å². The maximum atomic E-state index is 12.6.